The van der Waals surface area contributed by atoms with Crippen LogP contribution in [0.4, 0.5) is 0 Å². The predicted molar refractivity (Wildman–Crippen MR) is 69.7 cm³/mol. The third-order valence-electron chi connectivity index (χ3n) is 2.83. The maximum atomic E-state index is 10.6. The van der Waals surface area contributed by atoms with E-state index < -0.39 is 0 Å². The number of hydrogen-bond donors (Lipinski definition) is 1. The molecule has 0 aliphatic heterocycles. The topological polar surface area (TPSA) is 42.0 Å². The number of nitrogens with one attached hydrogen (secondary N) is 1. The zero-order chi connectivity index (χ0) is 12.5. The standard InChI is InChI=1S/C8H15NO.C6H7N/c1-7(10)9-8-5-3-2-4-6-8;1-6-4-2-3-5-7-6/h8H,2-6H2,1H3,(H,9,10);2-5H,1H3. The second-order valence-electron chi connectivity index (χ2n) is 4.51. The van der Waals surface area contributed by atoms with E-state index in [4.69, 9.17) is 0 Å². The van der Waals surface area contributed by atoms with Gasteiger partial charge >= 0.3 is 0 Å². The lowest BCUT2D eigenvalue weighted by Crippen LogP contribution is -2.34. The van der Waals surface area contributed by atoms with Crippen LogP contribution >= 0.6 is 0 Å². The molecule has 1 saturated carbocycles. The number of amides is 1. The monoisotopic (exact) mass is 234 g/mol. The Kier molecular flexibility index (Phi) is 6.30. The van der Waals surface area contributed by atoms with Gasteiger partial charge in [-0.05, 0) is 31.9 Å². The molecule has 1 heterocycles. The van der Waals surface area contributed by atoms with Crippen LogP contribution in [0.5, 0.6) is 0 Å². The van der Waals surface area contributed by atoms with Crippen LogP contribution < -0.4 is 5.32 Å². The number of carbonyl (C=O) groups is 1. The molecule has 94 valence electrons. The Bertz CT molecular complexity index is 318. The van der Waals surface area contributed by atoms with E-state index in [1.54, 1.807) is 13.1 Å². The van der Waals surface area contributed by atoms with Gasteiger partial charge in [-0.1, -0.05) is 25.3 Å². The number of aryl methyl sites for hydroxylation is 1. The van der Waals surface area contributed by atoms with E-state index >= 15 is 0 Å². The van der Waals surface area contributed by atoms with E-state index in [0.717, 1.165) is 5.69 Å². The van der Waals surface area contributed by atoms with Gasteiger partial charge in [0.15, 0.2) is 0 Å². The van der Waals surface area contributed by atoms with Gasteiger partial charge < -0.3 is 5.32 Å². The van der Waals surface area contributed by atoms with Crippen LogP contribution in [0.2, 0.25) is 0 Å². The molecular weight excluding hydrogens is 212 g/mol. The molecule has 1 aliphatic rings. The molecule has 1 aliphatic carbocycles. The molecule has 1 fully saturated rings. The van der Waals surface area contributed by atoms with Gasteiger partial charge in [0.2, 0.25) is 5.91 Å². The zero-order valence-corrected chi connectivity index (χ0v) is 10.8. The van der Waals surface area contributed by atoms with Crippen molar-refractivity contribution in [1.82, 2.24) is 10.3 Å². The summed E-state index contributed by atoms with van der Waals surface area (Å²) >= 11 is 0. The average Bonchev–Trinajstić information content (AvgIpc) is 2.31. The lowest BCUT2D eigenvalue weighted by atomic mass is 9.95. The van der Waals surface area contributed by atoms with Gasteiger partial charge in [-0.25, -0.2) is 0 Å². The van der Waals surface area contributed by atoms with Gasteiger partial charge in [-0.2, -0.15) is 0 Å². The summed E-state index contributed by atoms with van der Waals surface area (Å²) in [5.41, 5.74) is 1.07. The summed E-state index contributed by atoms with van der Waals surface area (Å²) in [6, 6.07) is 6.33. The molecule has 1 N–H and O–H groups in total. The molecule has 17 heavy (non-hydrogen) atoms. The Morgan fingerprint density at radius 2 is 2.00 bits per heavy atom. The molecule has 3 heteroatoms. The average molecular weight is 234 g/mol. The predicted octanol–water partition coefficient (Wildman–Crippen LogP) is 2.85. The summed E-state index contributed by atoms with van der Waals surface area (Å²) in [6.45, 7) is 3.56. The first-order valence-electron chi connectivity index (χ1n) is 6.33. The summed E-state index contributed by atoms with van der Waals surface area (Å²) in [7, 11) is 0. The summed E-state index contributed by atoms with van der Waals surface area (Å²) < 4.78 is 0. The van der Waals surface area contributed by atoms with Gasteiger partial charge in [0, 0.05) is 24.9 Å². The van der Waals surface area contributed by atoms with E-state index in [0.29, 0.717) is 6.04 Å². The second kappa shape index (κ2) is 7.82. The van der Waals surface area contributed by atoms with Crippen molar-refractivity contribution in [3.05, 3.63) is 30.1 Å². The molecule has 0 bridgehead atoms. The highest BCUT2D eigenvalue weighted by Crippen LogP contribution is 2.16. The molecule has 0 aromatic carbocycles. The number of nitrogens with zero attached hydrogens (tertiary/aromatic N) is 1. The molecule has 0 radical (unpaired) electrons. The zero-order valence-electron chi connectivity index (χ0n) is 10.8. The highest BCUT2D eigenvalue weighted by molar-refractivity contribution is 5.73. The summed E-state index contributed by atoms with van der Waals surface area (Å²) in [4.78, 5) is 14.6. The van der Waals surface area contributed by atoms with Crippen molar-refractivity contribution in [2.24, 2.45) is 0 Å². The fraction of sp³-hybridized carbons (Fsp3) is 0.571. The SMILES string of the molecule is CC(=O)NC1CCCCC1.Cc1ccccn1. The fourth-order valence-electron chi connectivity index (χ4n) is 1.98. The normalized spacial score (nSPS) is 15.6. The first-order chi connectivity index (χ1) is 8.18. The minimum absolute atomic E-state index is 0.118. The molecule has 1 aromatic heterocycles. The minimum Gasteiger partial charge on any atom is -0.354 e. The Hall–Kier alpha value is -1.38. The number of hydrogen-bond acceptors (Lipinski definition) is 2. The van der Waals surface area contributed by atoms with E-state index in [1.165, 1.54) is 32.1 Å². The molecule has 0 saturated heterocycles. The van der Waals surface area contributed by atoms with Crippen LogP contribution in [0.25, 0.3) is 0 Å². The van der Waals surface area contributed by atoms with E-state index in [9.17, 15) is 4.79 Å². The first kappa shape index (κ1) is 13.7. The van der Waals surface area contributed by atoms with Crippen molar-refractivity contribution in [3.8, 4) is 0 Å². The van der Waals surface area contributed by atoms with Gasteiger partial charge in [0.25, 0.3) is 0 Å². The maximum absolute atomic E-state index is 10.6. The third-order valence-corrected chi connectivity index (χ3v) is 2.83. The lowest BCUT2D eigenvalue weighted by Gasteiger charge is -2.21. The van der Waals surface area contributed by atoms with Crippen LogP contribution in [0.3, 0.4) is 0 Å². The smallest absolute Gasteiger partial charge is 0.217 e. The van der Waals surface area contributed by atoms with Crippen molar-refractivity contribution >= 4 is 5.91 Å². The Labute approximate surface area is 104 Å². The summed E-state index contributed by atoms with van der Waals surface area (Å²) in [6.07, 6.45) is 8.06. The molecule has 1 aromatic rings. The number of carbonyl (C=O) groups excluding carboxylic acids is 1. The molecule has 3 nitrogen and oxygen atoms in total. The van der Waals surface area contributed by atoms with Gasteiger partial charge in [0.1, 0.15) is 0 Å². The Morgan fingerprint density at radius 1 is 1.29 bits per heavy atom. The summed E-state index contributed by atoms with van der Waals surface area (Å²) in [5.74, 6) is 0.118. The number of pyridine rings is 1. The molecular formula is C14H22N2O. The highest BCUT2D eigenvalue weighted by atomic mass is 16.1. The Balaban J connectivity index is 0.000000181. The van der Waals surface area contributed by atoms with Crippen LogP contribution in [0.15, 0.2) is 24.4 Å². The second-order valence-corrected chi connectivity index (χ2v) is 4.51. The first-order valence-corrected chi connectivity index (χ1v) is 6.33. The van der Waals surface area contributed by atoms with Crippen molar-refractivity contribution < 1.29 is 4.79 Å². The fourth-order valence-corrected chi connectivity index (χ4v) is 1.98. The number of aromatic nitrogens is 1. The van der Waals surface area contributed by atoms with Crippen molar-refractivity contribution in [3.63, 3.8) is 0 Å². The van der Waals surface area contributed by atoms with Crippen LogP contribution in [0, 0.1) is 6.92 Å². The van der Waals surface area contributed by atoms with Crippen LogP contribution in [-0.2, 0) is 4.79 Å². The minimum atomic E-state index is 0.118. The summed E-state index contributed by atoms with van der Waals surface area (Å²) in [5, 5.41) is 2.94. The van der Waals surface area contributed by atoms with Crippen LogP contribution in [-0.4, -0.2) is 16.9 Å². The molecule has 0 atom stereocenters. The molecule has 1 amide bonds. The van der Waals surface area contributed by atoms with Crippen LogP contribution in [0.1, 0.15) is 44.7 Å². The quantitative estimate of drug-likeness (QED) is 0.812. The number of rotatable bonds is 1. The molecule has 2 rings (SSSR count). The lowest BCUT2D eigenvalue weighted by molar-refractivity contribution is -0.119. The van der Waals surface area contributed by atoms with Gasteiger partial charge in [-0.3, -0.25) is 9.78 Å². The van der Waals surface area contributed by atoms with Gasteiger partial charge in [0.05, 0.1) is 0 Å². The van der Waals surface area contributed by atoms with Crippen molar-refractivity contribution in [1.29, 1.82) is 0 Å². The van der Waals surface area contributed by atoms with E-state index in [1.807, 2.05) is 25.1 Å². The largest absolute Gasteiger partial charge is 0.354 e. The van der Waals surface area contributed by atoms with Crippen molar-refractivity contribution in [2.45, 2.75) is 52.0 Å². The molecule has 0 spiro atoms. The molecule has 0 unspecified atom stereocenters. The van der Waals surface area contributed by atoms with E-state index in [2.05, 4.69) is 10.3 Å². The van der Waals surface area contributed by atoms with Crippen molar-refractivity contribution in [2.75, 3.05) is 0 Å². The highest BCUT2D eigenvalue weighted by Gasteiger charge is 2.12. The third kappa shape index (κ3) is 6.72. The Morgan fingerprint density at radius 3 is 2.41 bits per heavy atom. The maximum Gasteiger partial charge on any atom is 0.217 e. The van der Waals surface area contributed by atoms with Gasteiger partial charge in [-0.15, -0.1) is 0 Å². The van der Waals surface area contributed by atoms with E-state index in [-0.39, 0.29) is 5.91 Å².